The maximum Gasteiger partial charge on any atom is 0.121 e. The summed E-state index contributed by atoms with van der Waals surface area (Å²) >= 11 is 3.58. The SMILES string of the molecule is COc1ccc(C(N)Cc2c(Br)c(C)nn2C)cc1C. The van der Waals surface area contributed by atoms with Crippen molar-refractivity contribution >= 4 is 15.9 Å². The summed E-state index contributed by atoms with van der Waals surface area (Å²) in [6.45, 7) is 4.01. The number of benzene rings is 1. The number of ether oxygens (including phenoxy) is 1. The minimum atomic E-state index is -0.0642. The van der Waals surface area contributed by atoms with Gasteiger partial charge in [0.1, 0.15) is 5.75 Å². The van der Waals surface area contributed by atoms with Crippen LogP contribution in [0.25, 0.3) is 0 Å². The predicted octanol–water partition coefficient (Wildman–Crippen LogP) is 3.05. The Morgan fingerprint density at radius 1 is 1.40 bits per heavy atom. The number of nitrogens with two attached hydrogens (primary N) is 1. The molecule has 0 saturated carbocycles. The van der Waals surface area contributed by atoms with E-state index in [1.54, 1.807) is 7.11 Å². The van der Waals surface area contributed by atoms with Gasteiger partial charge in [-0.05, 0) is 47.0 Å². The Hall–Kier alpha value is -1.33. The van der Waals surface area contributed by atoms with E-state index >= 15 is 0 Å². The first-order chi connectivity index (χ1) is 9.43. The van der Waals surface area contributed by atoms with E-state index in [1.807, 2.05) is 37.7 Å². The first-order valence-electron chi connectivity index (χ1n) is 6.52. The van der Waals surface area contributed by atoms with Crippen molar-refractivity contribution in [3.05, 3.63) is 45.2 Å². The Morgan fingerprint density at radius 3 is 2.60 bits per heavy atom. The number of nitrogens with zero attached hydrogens (tertiary/aromatic N) is 2. The first kappa shape index (κ1) is 15.1. The molecule has 2 N–H and O–H groups in total. The lowest BCUT2D eigenvalue weighted by Crippen LogP contribution is -2.16. The van der Waals surface area contributed by atoms with E-state index in [-0.39, 0.29) is 6.04 Å². The highest BCUT2D eigenvalue weighted by Crippen LogP contribution is 2.27. The minimum Gasteiger partial charge on any atom is -0.496 e. The van der Waals surface area contributed by atoms with Gasteiger partial charge < -0.3 is 10.5 Å². The largest absolute Gasteiger partial charge is 0.496 e. The molecule has 0 aliphatic rings. The maximum atomic E-state index is 6.33. The van der Waals surface area contributed by atoms with E-state index in [0.717, 1.165) is 39.2 Å². The fourth-order valence-corrected chi connectivity index (χ4v) is 2.86. The third-order valence-corrected chi connectivity index (χ3v) is 4.55. The third kappa shape index (κ3) is 2.88. The minimum absolute atomic E-state index is 0.0642. The van der Waals surface area contributed by atoms with Crippen LogP contribution in [0.2, 0.25) is 0 Å². The third-order valence-electron chi connectivity index (χ3n) is 3.52. The Balaban J connectivity index is 2.23. The van der Waals surface area contributed by atoms with Gasteiger partial charge in [0.25, 0.3) is 0 Å². The van der Waals surface area contributed by atoms with Gasteiger partial charge in [-0.3, -0.25) is 4.68 Å². The molecule has 4 nitrogen and oxygen atoms in total. The molecule has 0 saturated heterocycles. The van der Waals surface area contributed by atoms with Crippen molar-refractivity contribution in [3.63, 3.8) is 0 Å². The van der Waals surface area contributed by atoms with E-state index in [2.05, 4.69) is 27.1 Å². The van der Waals surface area contributed by atoms with Crippen LogP contribution in [0.3, 0.4) is 0 Å². The van der Waals surface area contributed by atoms with Crippen LogP contribution in [-0.2, 0) is 13.5 Å². The van der Waals surface area contributed by atoms with Crippen molar-refractivity contribution in [1.29, 1.82) is 0 Å². The van der Waals surface area contributed by atoms with Crippen molar-refractivity contribution in [1.82, 2.24) is 9.78 Å². The van der Waals surface area contributed by atoms with Crippen LogP contribution in [0.1, 0.15) is 28.6 Å². The summed E-state index contributed by atoms with van der Waals surface area (Å²) in [5.74, 6) is 0.888. The summed E-state index contributed by atoms with van der Waals surface area (Å²) in [5.41, 5.74) is 10.6. The zero-order valence-electron chi connectivity index (χ0n) is 12.3. The van der Waals surface area contributed by atoms with E-state index < -0.39 is 0 Å². The maximum absolute atomic E-state index is 6.33. The van der Waals surface area contributed by atoms with E-state index in [0.29, 0.717) is 0 Å². The van der Waals surface area contributed by atoms with E-state index in [1.165, 1.54) is 0 Å². The molecule has 0 bridgehead atoms. The van der Waals surface area contributed by atoms with Crippen molar-refractivity contribution in [2.24, 2.45) is 12.8 Å². The summed E-state index contributed by atoms with van der Waals surface area (Å²) < 4.78 is 8.20. The predicted molar refractivity (Wildman–Crippen MR) is 84.0 cm³/mol. The number of methoxy groups -OCH3 is 1. The summed E-state index contributed by atoms with van der Waals surface area (Å²) in [7, 11) is 3.62. The van der Waals surface area contributed by atoms with Crippen LogP contribution in [-0.4, -0.2) is 16.9 Å². The number of aryl methyl sites for hydroxylation is 3. The molecule has 0 spiro atoms. The Labute approximate surface area is 128 Å². The summed E-state index contributed by atoms with van der Waals surface area (Å²) in [4.78, 5) is 0. The molecule has 1 unspecified atom stereocenters. The molecule has 0 aliphatic carbocycles. The highest BCUT2D eigenvalue weighted by molar-refractivity contribution is 9.10. The molecule has 1 aromatic heterocycles. The van der Waals surface area contributed by atoms with Gasteiger partial charge in [0, 0.05) is 19.5 Å². The fourth-order valence-electron chi connectivity index (χ4n) is 2.36. The van der Waals surface area contributed by atoms with Gasteiger partial charge in [-0.1, -0.05) is 12.1 Å². The van der Waals surface area contributed by atoms with Crippen LogP contribution < -0.4 is 10.5 Å². The summed E-state index contributed by atoms with van der Waals surface area (Å²) in [6.07, 6.45) is 0.740. The van der Waals surface area contributed by atoms with Crippen LogP contribution >= 0.6 is 15.9 Å². The lowest BCUT2D eigenvalue weighted by molar-refractivity contribution is 0.411. The Kier molecular flexibility index (Phi) is 4.50. The fraction of sp³-hybridized carbons (Fsp3) is 0.400. The van der Waals surface area contributed by atoms with Gasteiger partial charge in [-0.25, -0.2) is 0 Å². The normalized spacial score (nSPS) is 12.5. The molecule has 0 fully saturated rings. The zero-order valence-corrected chi connectivity index (χ0v) is 13.9. The molecular formula is C15H20BrN3O. The summed E-state index contributed by atoms with van der Waals surface area (Å²) in [6, 6.07) is 6.01. The smallest absolute Gasteiger partial charge is 0.121 e. The topological polar surface area (TPSA) is 53.1 Å². The molecule has 108 valence electrons. The lowest BCUT2D eigenvalue weighted by atomic mass is 10.0. The number of aromatic nitrogens is 2. The van der Waals surface area contributed by atoms with Crippen molar-refractivity contribution < 1.29 is 4.74 Å². The number of rotatable bonds is 4. The molecule has 0 amide bonds. The quantitative estimate of drug-likeness (QED) is 0.932. The standard InChI is InChI=1S/C15H20BrN3O/c1-9-7-11(5-6-14(9)20-4)12(17)8-13-15(16)10(2)18-19(13)3/h5-7,12H,8,17H2,1-4H3. The Morgan fingerprint density at radius 2 is 2.10 bits per heavy atom. The van der Waals surface area contributed by atoms with Gasteiger partial charge in [-0.2, -0.15) is 5.10 Å². The number of hydrogen-bond donors (Lipinski definition) is 1. The Bertz CT molecular complexity index is 622. The van der Waals surface area contributed by atoms with Crippen molar-refractivity contribution in [2.45, 2.75) is 26.3 Å². The molecule has 1 heterocycles. The number of hydrogen-bond acceptors (Lipinski definition) is 3. The molecule has 0 aliphatic heterocycles. The van der Waals surface area contributed by atoms with Crippen LogP contribution in [0.4, 0.5) is 0 Å². The average molecular weight is 338 g/mol. The molecule has 0 radical (unpaired) electrons. The van der Waals surface area contributed by atoms with Crippen molar-refractivity contribution in [3.8, 4) is 5.75 Å². The van der Waals surface area contributed by atoms with Gasteiger partial charge >= 0.3 is 0 Å². The molecule has 2 rings (SSSR count). The molecule has 5 heteroatoms. The second-order valence-electron chi connectivity index (χ2n) is 5.01. The van der Waals surface area contributed by atoms with Crippen molar-refractivity contribution in [2.75, 3.05) is 7.11 Å². The molecular weight excluding hydrogens is 318 g/mol. The first-order valence-corrected chi connectivity index (χ1v) is 7.31. The molecule has 20 heavy (non-hydrogen) atoms. The van der Waals surface area contributed by atoms with Crippen LogP contribution in [0.15, 0.2) is 22.7 Å². The molecule has 1 atom stereocenters. The van der Waals surface area contributed by atoms with E-state index in [9.17, 15) is 0 Å². The van der Waals surface area contributed by atoms with Gasteiger partial charge in [0.2, 0.25) is 0 Å². The number of halogens is 1. The van der Waals surface area contributed by atoms with Gasteiger partial charge in [-0.15, -0.1) is 0 Å². The van der Waals surface area contributed by atoms with Crippen LogP contribution in [0, 0.1) is 13.8 Å². The zero-order chi connectivity index (χ0) is 14.9. The van der Waals surface area contributed by atoms with Gasteiger partial charge in [0.05, 0.1) is 23.0 Å². The second kappa shape index (κ2) is 5.97. The second-order valence-corrected chi connectivity index (χ2v) is 5.80. The molecule has 2 aromatic rings. The highest BCUT2D eigenvalue weighted by Gasteiger charge is 2.16. The highest BCUT2D eigenvalue weighted by atomic mass is 79.9. The van der Waals surface area contributed by atoms with Gasteiger partial charge in [0.15, 0.2) is 0 Å². The monoisotopic (exact) mass is 337 g/mol. The molecule has 1 aromatic carbocycles. The lowest BCUT2D eigenvalue weighted by Gasteiger charge is -2.15. The van der Waals surface area contributed by atoms with E-state index in [4.69, 9.17) is 10.5 Å². The van der Waals surface area contributed by atoms with Crippen LogP contribution in [0.5, 0.6) is 5.75 Å². The average Bonchev–Trinajstić information content (AvgIpc) is 2.65. The summed E-state index contributed by atoms with van der Waals surface area (Å²) in [5, 5.41) is 4.40.